The van der Waals surface area contributed by atoms with Gasteiger partial charge in [0.05, 0.1) is 18.8 Å². The number of aromatic nitrogens is 2. The van der Waals surface area contributed by atoms with E-state index in [1.54, 1.807) is 11.2 Å². The number of carbonyl (C=O) groups excluding carboxylic acids is 1. The number of nitrogens with zero attached hydrogens (tertiary/aromatic N) is 5. The number of para-hydroxylation sites is 1. The van der Waals surface area contributed by atoms with Gasteiger partial charge in [0.1, 0.15) is 12.1 Å². The molecule has 0 aliphatic carbocycles. The lowest BCUT2D eigenvalue weighted by Gasteiger charge is -2.26. The number of anilines is 2. The molecule has 0 radical (unpaired) electrons. The molecule has 0 N–H and O–H groups in total. The lowest BCUT2D eigenvalue weighted by molar-refractivity contribution is 0.214. The summed E-state index contributed by atoms with van der Waals surface area (Å²) in [5, 5.41) is 0. The van der Waals surface area contributed by atoms with Gasteiger partial charge in [-0.15, -0.1) is 0 Å². The van der Waals surface area contributed by atoms with Crippen LogP contribution in [0, 0.1) is 5.92 Å². The molecule has 1 aromatic carbocycles. The van der Waals surface area contributed by atoms with Crippen LogP contribution < -0.4 is 9.80 Å². The zero-order valence-electron chi connectivity index (χ0n) is 14.7. The van der Waals surface area contributed by atoms with Gasteiger partial charge in [-0.25, -0.2) is 14.8 Å². The van der Waals surface area contributed by atoms with E-state index in [0.29, 0.717) is 19.0 Å². The molecule has 6 heteroatoms. The number of urea groups is 1. The van der Waals surface area contributed by atoms with Crippen LogP contribution in [0.4, 0.5) is 16.3 Å². The molecule has 4 rings (SSSR count). The van der Waals surface area contributed by atoms with Crippen molar-refractivity contribution in [3.8, 4) is 0 Å². The second-order valence-electron chi connectivity index (χ2n) is 7.02. The van der Waals surface area contributed by atoms with Gasteiger partial charge in [0, 0.05) is 31.4 Å². The summed E-state index contributed by atoms with van der Waals surface area (Å²) in [6, 6.07) is 9.81. The second-order valence-corrected chi connectivity index (χ2v) is 7.02. The fourth-order valence-corrected chi connectivity index (χ4v) is 3.67. The van der Waals surface area contributed by atoms with Crippen LogP contribution in [0.5, 0.6) is 0 Å². The van der Waals surface area contributed by atoms with E-state index >= 15 is 0 Å². The summed E-state index contributed by atoms with van der Waals surface area (Å²) in [6.45, 7) is 5.31. The quantitative estimate of drug-likeness (QED) is 0.845. The van der Waals surface area contributed by atoms with Crippen LogP contribution in [0.15, 0.2) is 36.7 Å². The molecule has 2 amide bonds. The molecule has 1 unspecified atom stereocenters. The lowest BCUT2D eigenvalue weighted by Crippen LogP contribution is -2.38. The summed E-state index contributed by atoms with van der Waals surface area (Å²) < 4.78 is 0. The number of hydrogen-bond donors (Lipinski definition) is 0. The lowest BCUT2D eigenvalue weighted by atomic mass is 10.1. The molecule has 25 heavy (non-hydrogen) atoms. The van der Waals surface area contributed by atoms with Crippen molar-refractivity contribution >= 4 is 17.5 Å². The van der Waals surface area contributed by atoms with E-state index in [4.69, 9.17) is 0 Å². The van der Waals surface area contributed by atoms with E-state index in [2.05, 4.69) is 21.8 Å². The van der Waals surface area contributed by atoms with Gasteiger partial charge >= 0.3 is 6.03 Å². The highest BCUT2D eigenvalue weighted by molar-refractivity contribution is 5.92. The first-order valence-electron chi connectivity index (χ1n) is 8.79. The molecule has 1 saturated heterocycles. The van der Waals surface area contributed by atoms with E-state index in [-0.39, 0.29) is 6.03 Å². The summed E-state index contributed by atoms with van der Waals surface area (Å²) in [5.74, 6) is 1.66. The highest BCUT2D eigenvalue weighted by Gasteiger charge is 2.31. The van der Waals surface area contributed by atoms with E-state index < -0.39 is 0 Å². The van der Waals surface area contributed by atoms with Crippen molar-refractivity contribution in [2.45, 2.75) is 26.4 Å². The first-order chi connectivity index (χ1) is 12.1. The van der Waals surface area contributed by atoms with Gasteiger partial charge in [-0.05, 0) is 24.5 Å². The Morgan fingerprint density at radius 1 is 1.12 bits per heavy atom. The topological polar surface area (TPSA) is 52.6 Å². The number of amides is 2. The Balaban J connectivity index is 1.76. The van der Waals surface area contributed by atoms with Crippen molar-refractivity contribution in [2.24, 2.45) is 5.92 Å². The van der Waals surface area contributed by atoms with Crippen LogP contribution in [0.25, 0.3) is 0 Å². The zero-order valence-corrected chi connectivity index (χ0v) is 14.7. The third kappa shape index (κ3) is 2.92. The minimum atomic E-state index is -0.00931. The Hall–Kier alpha value is -2.63. The molecule has 0 bridgehead atoms. The van der Waals surface area contributed by atoms with Crippen LogP contribution in [0.3, 0.4) is 0 Å². The number of fused-ring (bicyclic) bond motifs is 1. The molecule has 0 spiro atoms. The Bertz CT molecular complexity index is 779. The number of carbonyl (C=O) groups is 1. The molecule has 2 aliphatic rings. The largest absolute Gasteiger partial charge is 0.356 e. The van der Waals surface area contributed by atoms with Gasteiger partial charge < -0.3 is 9.80 Å². The minimum Gasteiger partial charge on any atom is -0.356 e. The molecule has 1 fully saturated rings. The fourth-order valence-electron chi connectivity index (χ4n) is 3.67. The number of benzene rings is 1. The van der Waals surface area contributed by atoms with Gasteiger partial charge in [0.15, 0.2) is 0 Å². The van der Waals surface area contributed by atoms with Crippen LogP contribution in [0.1, 0.15) is 24.6 Å². The monoisotopic (exact) mass is 337 g/mol. The van der Waals surface area contributed by atoms with Gasteiger partial charge in [-0.3, -0.25) is 4.90 Å². The molecule has 0 saturated carbocycles. The average Bonchev–Trinajstić information content (AvgIpc) is 3.01. The molecule has 1 atom stereocenters. The molecule has 3 heterocycles. The normalized spacial score (nSPS) is 20.6. The molecule has 130 valence electrons. The fraction of sp³-hybridized carbons (Fsp3) is 0.421. The summed E-state index contributed by atoms with van der Waals surface area (Å²) in [6.07, 6.45) is 2.81. The maximum atomic E-state index is 12.9. The first kappa shape index (κ1) is 15.9. The van der Waals surface area contributed by atoms with Crippen LogP contribution in [-0.2, 0) is 13.1 Å². The Morgan fingerprint density at radius 3 is 2.64 bits per heavy atom. The minimum absolute atomic E-state index is 0.00931. The van der Waals surface area contributed by atoms with E-state index in [1.165, 1.54) is 6.42 Å². The molecular formula is C19H23N5O. The SMILES string of the molecule is CC1CCN(c2ncnc3c2CN(c2ccccc2)C(=O)N(C)C3)C1. The number of hydrogen-bond acceptors (Lipinski definition) is 4. The third-order valence-electron chi connectivity index (χ3n) is 5.06. The van der Waals surface area contributed by atoms with Crippen LogP contribution >= 0.6 is 0 Å². The summed E-state index contributed by atoms with van der Waals surface area (Å²) in [4.78, 5) is 27.8. The maximum absolute atomic E-state index is 12.9. The van der Waals surface area contributed by atoms with Crippen molar-refractivity contribution in [2.75, 3.05) is 29.9 Å². The molecule has 1 aromatic heterocycles. The first-order valence-corrected chi connectivity index (χ1v) is 8.79. The standard InChI is InChI=1S/C19H23N5O/c1-14-8-9-23(10-14)18-16-11-24(15-6-4-3-5-7-15)19(25)22(2)12-17(16)20-13-21-18/h3-7,13-14H,8-12H2,1-2H3. The highest BCUT2D eigenvalue weighted by Crippen LogP contribution is 2.31. The van der Waals surface area contributed by atoms with Crippen molar-refractivity contribution in [1.82, 2.24) is 14.9 Å². The highest BCUT2D eigenvalue weighted by atomic mass is 16.2. The zero-order chi connectivity index (χ0) is 17.4. The van der Waals surface area contributed by atoms with Gasteiger partial charge in [0.25, 0.3) is 0 Å². The van der Waals surface area contributed by atoms with Crippen molar-refractivity contribution in [3.05, 3.63) is 47.9 Å². The van der Waals surface area contributed by atoms with Gasteiger partial charge in [-0.2, -0.15) is 0 Å². The van der Waals surface area contributed by atoms with Gasteiger partial charge in [-0.1, -0.05) is 25.1 Å². The maximum Gasteiger partial charge on any atom is 0.324 e. The summed E-state index contributed by atoms with van der Waals surface area (Å²) >= 11 is 0. The third-order valence-corrected chi connectivity index (χ3v) is 5.06. The molecular weight excluding hydrogens is 314 g/mol. The molecule has 2 aromatic rings. The summed E-state index contributed by atoms with van der Waals surface area (Å²) in [5.41, 5.74) is 2.91. The predicted molar refractivity (Wildman–Crippen MR) is 97.5 cm³/mol. The van der Waals surface area contributed by atoms with Crippen molar-refractivity contribution < 1.29 is 4.79 Å². The molecule has 2 aliphatic heterocycles. The Kier molecular flexibility index (Phi) is 4.03. The van der Waals surface area contributed by atoms with Crippen LogP contribution in [0.2, 0.25) is 0 Å². The predicted octanol–water partition coefficient (Wildman–Crippen LogP) is 2.89. The Morgan fingerprint density at radius 2 is 1.92 bits per heavy atom. The molecule has 6 nitrogen and oxygen atoms in total. The van der Waals surface area contributed by atoms with E-state index in [9.17, 15) is 4.79 Å². The smallest absolute Gasteiger partial charge is 0.324 e. The van der Waals surface area contributed by atoms with Crippen molar-refractivity contribution in [3.63, 3.8) is 0 Å². The Labute approximate surface area is 148 Å². The van der Waals surface area contributed by atoms with E-state index in [1.807, 2.05) is 42.3 Å². The average molecular weight is 337 g/mol. The van der Waals surface area contributed by atoms with E-state index in [0.717, 1.165) is 35.9 Å². The van der Waals surface area contributed by atoms with Crippen LogP contribution in [-0.4, -0.2) is 41.0 Å². The van der Waals surface area contributed by atoms with Crippen molar-refractivity contribution in [1.29, 1.82) is 0 Å². The second kappa shape index (κ2) is 6.35. The van der Waals surface area contributed by atoms with Gasteiger partial charge in [0.2, 0.25) is 0 Å². The summed E-state index contributed by atoms with van der Waals surface area (Å²) in [7, 11) is 1.83. The number of rotatable bonds is 2.